The van der Waals surface area contributed by atoms with Crippen molar-refractivity contribution in [1.82, 2.24) is 4.98 Å². The molecule has 0 bridgehead atoms. The molecule has 2 aliphatic rings. The van der Waals surface area contributed by atoms with Crippen molar-refractivity contribution >= 4 is 18.4 Å². The third-order valence-electron chi connectivity index (χ3n) is 4.81. The maximum absolute atomic E-state index is 11.2. The first-order valence-electron chi connectivity index (χ1n) is 9.22. The number of hydrogen-bond donors (Lipinski definition) is 1. The molecule has 1 aliphatic heterocycles. The average molecular weight is 378 g/mol. The molecule has 0 unspecified atom stereocenters. The minimum absolute atomic E-state index is 0.0101. The molecule has 142 valence electrons. The summed E-state index contributed by atoms with van der Waals surface area (Å²) < 4.78 is 16.8. The number of rotatable bonds is 7. The first kappa shape index (κ1) is 18.5. The summed E-state index contributed by atoms with van der Waals surface area (Å²) >= 11 is 0. The zero-order chi connectivity index (χ0) is 19.7. The van der Waals surface area contributed by atoms with Crippen LogP contribution in [0.4, 0.5) is 0 Å². The highest BCUT2D eigenvalue weighted by atomic mass is 16.5. The first-order valence-corrected chi connectivity index (χ1v) is 9.22. The Hall–Kier alpha value is -2.89. The average Bonchev–Trinajstić information content (AvgIpc) is 3.45. The van der Waals surface area contributed by atoms with E-state index in [2.05, 4.69) is 11.1 Å². The Balaban J connectivity index is 1.62. The van der Waals surface area contributed by atoms with Gasteiger partial charge >= 0.3 is 7.12 Å². The Morgan fingerprint density at radius 1 is 1.43 bits per heavy atom. The van der Waals surface area contributed by atoms with Crippen LogP contribution < -0.4 is 14.9 Å². The molecule has 8 heteroatoms. The van der Waals surface area contributed by atoms with E-state index in [4.69, 9.17) is 14.1 Å². The van der Waals surface area contributed by atoms with E-state index in [9.17, 15) is 15.1 Å². The third kappa shape index (κ3) is 3.86. The Bertz CT molecular complexity index is 968. The molecule has 0 saturated heterocycles. The highest BCUT2D eigenvalue weighted by Crippen LogP contribution is 2.44. The van der Waals surface area contributed by atoms with Crippen molar-refractivity contribution in [1.29, 1.82) is 5.26 Å². The molecule has 1 aliphatic carbocycles. The fourth-order valence-corrected chi connectivity index (χ4v) is 3.18. The van der Waals surface area contributed by atoms with Gasteiger partial charge < -0.3 is 19.2 Å². The van der Waals surface area contributed by atoms with E-state index in [1.807, 2.05) is 0 Å². The molecule has 2 aromatic rings. The largest absolute Gasteiger partial charge is 0.491 e. The molecule has 28 heavy (non-hydrogen) atoms. The number of Topliss-reactive ketones (excluding diaryl/α,β-unsaturated/α-hetero) is 1. The highest BCUT2D eigenvalue weighted by Gasteiger charge is 2.30. The summed E-state index contributed by atoms with van der Waals surface area (Å²) in [6, 6.07) is 9.27. The number of ether oxygens (including phenoxy) is 2. The van der Waals surface area contributed by atoms with Gasteiger partial charge in [0, 0.05) is 12.5 Å². The van der Waals surface area contributed by atoms with E-state index in [0.29, 0.717) is 29.7 Å². The molecule has 2 heterocycles. The molecule has 1 saturated carbocycles. The number of benzene rings is 1. The normalized spacial score (nSPS) is 15.1. The molecule has 0 amide bonds. The van der Waals surface area contributed by atoms with Gasteiger partial charge in [0.05, 0.1) is 13.2 Å². The lowest BCUT2D eigenvalue weighted by molar-refractivity contribution is -0.117. The van der Waals surface area contributed by atoms with Gasteiger partial charge in [-0.15, -0.1) is 0 Å². The summed E-state index contributed by atoms with van der Waals surface area (Å²) in [5.41, 5.74) is 2.86. The van der Waals surface area contributed by atoms with Crippen LogP contribution in [0.3, 0.4) is 0 Å². The maximum atomic E-state index is 11.2. The van der Waals surface area contributed by atoms with Crippen LogP contribution >= 0.6 is 0 Å². The molecule has 1 N–H and O–H groups in total. The lowest BCUT2D eigenvalue weighted by Crippen LogP contribution is -2.27. The van der Waals surface area contributed by atoms with Crippen molar-refractivity contribution in [2.45, 2.75) is 38.7 Å². The quantitative estimate of drug-likeness (QED) is 0.737. The maximum Gasteiger partial charge on any atom is 0.491 e. The van der Waals surface area contributed by atoms with Gasteiger partial charge in [-0.3, -0.25) is 4.79 Å². The Morgan fingerprint density at radius 3 is 2.96 bits per heavy atom. The van der Waals surface area contributed by atoms with E-state index < -0.39 is 7.12 Å². The Kier molecular flexibility index (Phi) is 5.03. The number of carbonyl (C=O) groups excluding carboxylic acids is 1. The van der Waals surface area contributed by atoms with Crippen LogP contribution in [-0.4, -0.2) is 29.5 Å². The Morgan fingerprint density at radius 2 is 2.25 bits per heavy atom. The van der Waals surface area contributed by atoms with Gasteiger partial charge in [0.1, 0.15) is 23.2 Å². The van der Waals surface area contributed by atoms with Gasteiger partial charge in [0.15, 0.2) is 0 Å². The van der Waals surface area contributed by atoms with E-state index >= 15 is 0 Å². The standard InChI is InChI=1S/C20H19BN2O5/c1-12(24)6-7-26-20-17(10-22)16(13-2-3-13)9-19(23-20)28-15-4-5-18-14(8-15)11-27-21(18)25/h4-5,8-9,13,25H,2-3,6-7,11H2,1H3. The van der Waals surface area contributed by atoms with Crippen molar-refractivity contribution in [3.05, 3.63) is 41.0 Å². The number of carbonyl (C=O) groups is 1. The summed E-state index contributed by atoms with van der Waals surface area (Å²) in [6.07, 6.45) is 2.28. The number of pyridine rings is 1. The van der Waals surface area contributed by atoms with E-state index in [1.165, 1.54) is 6.92 Å². The second-order valence-electron chi connectivity index (χ2n) is 7.04. The van der Waals surface area contributed by atoms with Crippen LogP contribution in [-0.2, 0) is 16.1 Å². The van der Waals surface area contributed by atoms with Gasteiger partial charge in [-0.2, -0.15) is 10.2 Å². The minimum atomic E-state index is -0.903. The second-order valence-corrected chi connectivity index (χ2v) is 7.04. The third-order valence-corrected chi connectivity index (χ3v) is 4.81. The molecule has 1 aromatic heterocycles. The Labute approximate surface area is 163 Å². The molecule has 1 fully saturated rings. The van der Waals surface area contributed by atoms with Gasteiger partial charge in [-0.05, 0) is 54.4 Å². The zero-order valence-electron chi connectivity index (χ0n) is 15.5. The van der Waals surface area contributed by atoms with E-state index in [1.54, 1.807) is 24.3 Å². The predicted molar refractivity (Wildman–Crippen MR) is 101 cm³/mol. The van der Waals surface area contributed by atoms with E-state index in [-0.39, 0.29) is 24.7 Å². The van der Waals surface area contributed by atoms with Crippen LogP contribution in [0.1, 0.15) is 48.8 Å². The van der Waals surface area contributed by atoms with Crippen LogP contribution in [0.5, 0.6) is 17.5 Å². The smallest absolute Gasteiger partial charge is 0.476 e. The molecule has 7 nitrogen and oxygen atoms in total. The summed E-state index contributed by atoms with van der Waals surface area (Å²) in [4.78, 5) is 15.5. The topological polar surface area (TPSA) is 102 Å². The number of nitrogens with zero attached hydrogens (tertiary/aromatic N) is 2. The SMILES string of the molecule is CC(=O)CCOc1nc(Oc2ccc3c(c2)COB3O)cc(C2CC2)c1C#N. The molecule has 0 spiro atoms. The highest BCUT2D eigenvalue weighted by molar-refractivity contribution is 6.61. The molecular formula is C20H19BN2O5. The number of aromatic nitrogens is 1. The number of nitriles is 1. The zero-order valence-corrected chi connectivity index (χ0v) is 15.5. The fourth-order valence-electron chi connectivity index (χ4n) is 3.18. The molecular weight excluding hydrogens is 359 g/mol. The lowest BCUT2D eigenvalue weighted by Gasteiger charge is -2.13. The lowest BCUT2D eigenvalue weighted by atomic mass is 9.80. The van der Waals surface area contributed by atoms with Gasteiger partial charge in [0.2, 0.25) is 11.8 Å². The van der Waals surface area contributed by atoms with Crippen molar-refractivity contribution in [2.24, 2.45) is 0 Å². The predicted octanol–water partition coefficient (Wildman–Crippen LogP) is 2.20. The molecule has 1 aromatic carbocycles. The van der Waals surface area contributed by atoms with Gasteiger partial charge in [0.25, 0.3) is 0 Å². The summed E-state index contributed by atoms with van der Waals surface area (Å²) in [6.45, 7) is 1.98. The molecule has 0 radical (unpaired) electrons. The van der Waals surface area contributed by atoms with Crippen molar-refractivity contribution in [3.63, 3.8) is 0 Å². The molecule has 0 atom stereocenters. The second kappa shape index (κ2) is 7.62. The van der Waals surface area contributed by atoms with E-state index in [0.717, 1.165) is 29.4 Å². The number of hydrogen-bond acceptors (Lipinski definition) is 7. The number of fused-ring (bicyclic) bond motifs is 1. The van der Waals surface area contributed by atoms with Gasteiger partial charge in [-0.1, -0.05) is 6.07 Å². The summed E-state index contributed by atoms with van der Waals surface area (Å²) in [5.74, 6) is 1.40. The summed E-state index contributed by atoms with van der Waals surface area (Å²) in [7, 11) is -0.903. The first-order chi connectivity index (χ1) is 13.5. The molecule has 4 rings (SSSR count). The fraction of sp³-hybridized carbons (Fsp3) is 0.350. The minimum Gasteiger partial charge on any atom is -0.476 e. The van der Waals surface area contributed by atoms with Crippen molar-refractivity contribution in [3.8, 4) is 23.6 Å². The monoisotopic (exact) mass is 378 g/mol. The van der Waals surface area contributed by atoms with Crippen LogP contribution in [0.2, 0.25) is 0 Å². The van der Waals surface area contributed by atoms with Crippen LogP contribution in [0, 0.1) is 11.3 Å². The van der Waals surface area contributed by atoms with Crippen LogP contribution in [0.25, 0.3) is 0 Å². The van der Waals surface area contributed by atoms with Crippen LogP contribution in [0.15, 0.2) is 24.3 Å². The number of ketones is 1. The van der Waals surface area contributed by atoms with Crippen molar-refractivity contribution in [2.75, 3.05) is 6.61 Å². The summed E-state index contributed by atoms with van der Waals surface area (Å²) in [5, 5.41) is 19.3. The van der Waals surface area contributed by atoms with Crippen molar-refractivity contribution < 1.29 is 23.9 Å². The van der Waals surface area contributed by atoms with Gasteiger partial charge in [-0.25, -0.2) is 0 Å².